The van der Waals surface area contributed by atoms with Crippen LogP contribution in [0.2, 0.25) is 0 Å². The van der Waals surface area contributed by atoms with E-state index in [9.17, 15) is 29.3 Å². The number of aliphatic hydroxyl groups excluding tert-OH is 2. The van der Waals surface area contributed by atoms with E-state index < -0.39 is 44.7 Å². The Labute approximate surface area is 338 Å². The zero-order valence-corrected chi connectivity index (χ0v) is 35.9. The fraction of sp³-hybridized carbons (Fsp3) is 0.636. The standard InChI is InChI=1S/C44H74NO10P/c1-6-8-10-11-12-13-14-15-19-22-28-34-43(48)52-38-42(39-54-56(50,51)53-37-36-45(3,4)5)55-44(49)35-29-23-27-33-41(47)32-26-21-18-16-17-20-25-31-40(46)30-24-9-7-2/h9,11-12,17-18,20-21,24-27,31-33,40-42,46-47H,6-8,10,13-16,19,22-23,28-30,34-39H2,1-5H3/b12-11-,20-17-,21-18-,24-9-,31-25+,32-26+,33-27-/t40-,41-,42+/m0/s1. The molecular weight excluding hydrogens is 733 g/mol. The molecule has 11 nitrogen and oxygen atoms in total. The fourth-order valence-electron chi connectivity index (χ4n) is 4.78. The number of hydrogen-bond acceptors (Lipinski definition) is 10. The molecule has 320 valence electrons. The number of aliphatic hydroxyl groups is 2. The number of phosphoric acid groups is 1. The molecule has 0 aromatic rings. The number of likely N-dealkylation sites (N-methyl/N-ethyl adjacent to an activating group) is 1. The molecule has 4 atom stereocenters. The second kappa shape index (κ2) is 35.3. The molecule has 0 spiro atoms. The van der Waals surface area contributed by atoms with Gasteiger partial charge in [0.2, 0.25) is 0 Å². The van der Waals surface area contributed by atoms with Crippen molar-refractivity contribution in [1.29, 1.82) is 0 Å². The molecular formula is C44H74NO10P. The van der Waals surface area contributed by atoms with Crippen LogP contribution in [0.3, 0.4) is 0 Å². The molecule has 0 saturated carbocycles. The second-order valence-electron chi connectivity index (χ2n) is 14.7. The largest absolute Gasteiger partial charge is 0.756 e. The van der Waals surface area contributed by atoms with Crippen LogP contribution in [0.4, 0.5) is 0 Å². The highest BCUT2D eigenvalue weighted by molar-refractivity contribution is 7.45. The van der Waals surface area contributed by atoms with Gasteiger partial charge in [-0.05, 0) is 57.8 Å². The Morgan fingerprint density at radius 1 is 0.696 bits per heavy atom. The zero-order chi connectivity index (χ0) is 41.8. The van der Waals surface area contributed by atoms with Gasteiger partial charge in [-0.2, -0.15) is 0 Å². The lowest BCUT2D eigenvalue weighted by Crippen LogP contribution is -2.37. The maximum atomic E-state index is 12.6. The summed E-state index contributed by atoms with van der Waals surface area (Å²) in [6.45, 7) is 3.72. The van der Waals surface area contributed by atoms with Crippen LogP contribution in [-0.2, 0) is 32.7 Å². The number of carbonyl (C=O) groups is 2. The second-order valence-corrected chi connectivity index (χ2v) is 16.1. The highest BCUT2D eigenvalue weighted by atomic mass is 31.2. The van der Waals surface area contributed by atoms with E-state index in [-0.39, 0.29) is 26.1 Å². The first kappa shape index (κ1) is 53.1. The molecule has 0 fully saturated rings. The molecule has 0 aliphatic heterocycles. The summed E-state index contributed by atoms with van der Waals surface area (Å²) in [5, 5.41) is 20.0. The third-order valence-electron chi connectivity index (χ3n) is 8.07. The Kier molecular flexibility index (Phi) is 33.5. The minimum atomic E-state index is -4.68. The number of hydrogen-bond donors (Lipinski definition) is 2. The van der Waals surface area contributed by atoms with Crippen molar-refractivity contribution in [2.75, 3.05) is 47.5 Å². The Morgan fingerprint density at radius 3 is 2.04 bits per heavy atom. The molecule has 0 radical (unpaired) electrons. The summed E-state index contributed by atoms with van der Waals surface area (Å²) >= 11 is 0. The molecule has 0 aliphatic carbocycles. The summed E-state index contributed by atoms with van der Waals surface area (Å²) in [4.78, 5) is 37.4. The highest BCUT2D eigenvalue weighted by Crippen LogP contribution is 2.38. The molecule has 0 amide bonds. The maximum absolute atomic E-state index is 12.6. The molecule has 2 N–H and O–H groups in total. The number of quaternary nitrogens is 1. The molecule has 0 aromatic heterocycles. The van der Waals surface area contributed by atoms with Gasteiger partial charge in [-0.25, -0.2) is 0 Å². The van der Waals surface area contributed by atoms with E-state index in [1.165, 1.54) is 12.8 Å². The van der Waals surface area contributed by atoms with Gasteiger partial charge in [-0.15, -0.1) is 0 Å². The van der Waals surface area contributed by atoms with Crippen molar-refractivity contribution in [2.24, 2.45) is 0 Å². The summed E-state index contributed by atoms with van der Waals surface area (Å²) < 4.78 is 33.6. The molecule has 1 unspecified atom stereocenters. The van der Waals surface area contributed by atoms with Gasteiger partial charge in [-0.1, -0.05) is 131 Å². The summed E-state index contributed by atoms with van der Waals surface area (Å²) in [6.07, 6.45) is 37.0. The number of ether oxygens (including phenoxy) is 2. The highest BCUT2D eigenvalue weighted by Gasteiger charge is 2.21. The van der Waals surface area contributed by atoms with Gasteiger partial charge in [0, 0.05) is 12.8 Å². The van der Waals surface area contributed by atoms with Gasteiger partial charge in [-0.3, -0.25) is 14.2 Å². The summed E-state index contributed by atoms with van der Waals surface area (Å²) in [7, 11) is 1.01. The normalized spacial score (nSPS) is 15.6. The van der Waals surface area contributed by atoms with E-state index in [2.05, 4.69) is 26.0 Å². The van der Waals surface area contributed by atoms with Crippen LogP contribution >= 0.6 is 7.82 Å². The van der Waals surface area contributed by atoms with Crippen molar-refractivity contribution in [3.63, 3.8) is 0 Å². The number of carbonyl (C=O) groups excluding carboxylic acids is 2. The maximum Gasteiger partial charge on any atom is 0.306 e. The lowest BCUT2D eigenvalue weighted by atomic mass is 10.1. The van der Waals surface area contributed by atoms with E-state index in [1.54, 1.807) is 30.4 Å². The van der Waals surface area contributed by atoms with E-state index >= 15 is 0 Å². The minimum Gasteiger partial charge on any atom is -0.756 e. The van der Waals surface area contributed by atoms with Crippen molar-refractivity contribution in [1.82, 2.24) is 0 Å². The van der Waals surface area contributed by atoms with Crippen molar-refractivity contribution >= 4 is 19.8 Å². The quantitative estimate of drug-likeness (QED) is 0.0159. The molecule has 0 bridgehead atoms. The van der Waals surface area contributed by atoms with Crippen LogP contribution in [0.5, 0.6) is 0 Å². The fourth-order valence-corrected chi connectivity index (χ4v) is 5.51. The topological polar surface area (TPSA) is 152 Å². The molecule has 0 saturated heterocycles. The van der Waals surface area contributed by atoms with Crippen LogP contribution in [0.1, 0.15) is 117 Å². The van der Waals surface area contributed by atoms with Crippen LogP contribution in [0.15, 0.2) is 85.1 Å². The Hall–Kier alpha value is -2.89. The predicted molar refractivity (Wildman–Crippen MR) is 224 cm³/mol. The van der Waals surface area contributed by atoms with Crippen molar-refractivity contribution in [3.8, 4) is 0 Å². The lowest BCUT2D eigenvalue weighted by Gasteiger charge is -2.28. The third kappa shape index (κ3) is 38.0. The Bertz CT molecular complexity index is 1260. The van der Waals surface area contributed by atoms with E-state index in [1.807, 2.05) is 63.7 Å². The van der Waals surface area contributed by atoms with Gasteiger partial charge < -0.3 is 38.1 Å². The Morgan fingerprint density at radius 2 is 1.34 bits per heavy atom. The van der Waals surface area contributed by atoms with Crippen molar-refractivity contribution in [3.05, 3.63) is 85.1 Å². The Balaban J connectivity index is 4.70. The zero-order valence-electron chi connectivity index (χ0n) is 35.0. The first-order chi connectivity index (χ1) is 26.8. The summed E-state index contributed by atoms with van der Waals surface area (Å²) in [5.41, 5.74) is 0. The lowest BCUT2D eigenvalue weighted by molar-refractivity contribution is -0.870. The van der Waals surface area contributed by atoms with Crippen LogP contribution < -0.4 is 4.89 Å². The molecule has 56 heavy (non-hydrogen) atoms. The van der Waals surface area contributed by atoms with Crippen LogP contribution in [0, 0.1) is 0 Å². The first-order valence-electron chi connectivity index (χ1n) is 20.5. The van der Waals surface area contributed by atoms with Gasteiger partial charge in [0.05, 0.1) is 40.0 Å². The number of allylic oxidation sites excluding steroid dienone is 10. The van der Waals surface area contributed by atoms with E-state index in [0.717, 1.165) is 44.9 Å². The van der Waals surface area contributed by atoms with E-state index in [4.69, 9.17) is 18.5 Å². The average Bonchev–Trinajstić information content (AvgIpc) is 3.13. The monoisotopic (exact) mass is 808 g/mol. The average molecular weight is 808 g/mol. The number of nitrogens with zero attached hydrogens (tertiary/aromatic N) is 1. The summed E-state index contributed by atoms with van der Waals surface area (Å²) in [5.74, 6) is -1.04. The van der Waals surface area contributed by atoms with Crippen LogP contribution in [-0.4, -0.2) is 92.5 Å². The molecule has 0 aliphatic rings. The van der Waals surface area contributed by atoms with Gasteiger partial charge in [0.1, 0.15) is 19.8 Å². The van der Waals surface area contributed by atoms with Crippen molar-refractivity contribution < 1.29 is 52.3 Å². The number of phosphoric ester groups is 1. The molecule has 0 aromatic carbocycles. The number of unbranched alkanes of at least 4 members (excludes halogenated alkanes) is 8. The number of rotatable bonds is 35. The van der Waals surface area contributed by atoms with Gasteiger partial charge in [0.15, 0.2) is 6.10 Å². The van der Waals surface area contributed by atoms with E-state index in [0.29, 0.717) is 43.1 Å². The molecule has 12 heteroatoms. The third-order valence-corrected chi connectivity index (χ3v) is 9.04. The minimum absolute atomic E-state index is 0.0323. The van der Waals surface area contributed by atoms with Gasteiger partial charge >= 0.3 is 11.9 Å². The van der Waals surface area contributed by atoms with Gasteiger partial charge in [0.25, 0.3) is 7.82 Å². The summed E-state index contributed by atoms with van der Waals surface area (Å²) in [6, 6.07) is 0. The van der Waals surface area contributed by atoms with Crippen molar-refractivity contribution in [2.45, 2.75) is 135 Å². The molecule has 0 heterocycles. The number of esters is 2. The molecule has 0 rings (SSSR count). The smallest absolute Gasteiger partial charge is 0.306 e. The predicted octanol–water partition coefficient (Wildman–Crippen LogP) is 8.55. The SMILES string of the molecule is CC/C=C\C[C@H](O)/C=C/C=C\C/C=C\C=C\[C@H](O)/C=C\CCCC(=O)O[C@H](COC(=O)CCCCCCC/C=C\CCCC)COP(=O)([O-])OCC[N+](C)(C)C. The first-order valence-corrected chi connectivity index (χ1v) is 22.0. The van der Waals surface area contributed by atoms with Crippen LogP contribution in [0.25, 0.3) is 0 Å².